The van der Waals surface area contributed by atoms with E-state index in [2.05, 4.69) is 12.2 Å². The van der Waals surface area contributed by atoms with Crippen LogP contribution in [0.5, 0.6) is 0 Å². The lowest BCUT2D eigenvalue weighted by molar-refractivity contribution is -0.385. The molecule has 0 radical (unpaired) electrons. The van der Waals surface area contributed by atoms with Gasteiger partial charge in [0.05, 0.1) is 4.92 Å². The van der Waals surface area contributed by atoms with Crippen LogP contribution in [-0.4, -0.2) is 11.0 Å². The maximum Gasteiger partial charge on any atom is 0.274 e. The Bertz CT molecular complexity index is 445. The van der Waals surface area contributed by atoms with E-state index in [0.717, 1.165) is 30.0 Å². The van der Waals surface area contributed by atoms with Crippen LogP contribution in [0, 0.1) is 16.0 Å². The summed E-state index contributed by atoms with van der Waals surface area (Å²) in [5.74, 6) is 0.757. The highest BCUT2D eigenvalue weighted by molar-refractivity contribution is 5.55. The maximum absolute atomic E-state index is 11.0. The van der Waals surface area contributed by atoms with Crippen molar-refractivity contribution in [3.05, 3.63) is 33.9 Å². The largest absolute Gasteiger partial charge is 0.382 e. The lowest BCUT2D eigenvalue weighted by Crippen LogP contribution is -2.15. The minimum absolute atomic E-state index is 0.230. The first-order valence-electron chi connectivity index (χ1n) is 6.64. The normalized spacial score (nSPS) is 23.0. The van der Waals surface area contributed by atoms with Crippen LogP contribution in [0.25, 0.3) is 0 Å². The maximum atomic E-state index is 11.0. The molecule has 1 saturated carbocycles. The molecular formula is C14H20N2O2. The minimum Gasteiger partial charge on any atom is -0.382 e. The van der Waals surface area contributed by atoms with Gasteiger partial charge in [0.1, 0.15) is 0 Å². The second kappa shape index (κ2) is 5.38. The summed E-state index contributed by atoms with van der Waals surface area (Å²) in [6.07, 6.45) is 4.25. The van der Waals surface area contributed by atoms with Crippen molar-refractivity contribution in [2.24, 2.45) is 5.92 Å². The molecule has 4 heteroatoms. The molecule has 1 aromatic rings. The SMILES string of the molecule is CCc1ccc(NC2CCC(C)C2)cc1[N+](=O)[O-]. The summed E-state index contributed by atoms with van der Waals surface area (Å²) in [5, 5.41) is 14.4. The quantitative estimate of drug-likeness (QED) is 0.652. The Morgan fingerprint density at radius 2 is 2.22 bits per heavy atom. The van der Waals surface area contributed by atoms with Gasteiger partial charge in [0.25, 0.3) is 5.69 Å². The average molecular weight is 248 g/mol. The van der Waals surface area contributed by atoms with Crippen molar-refractivity contribution in [1.82, 2.24) is 0 Å². The first kappa shape index (κ1) is 12.9. The smallest absolute Gasteiger partial charge is 0.274 e. The Morgan fingerprint density at radius 1 is 1.44 bits per heavy atom. The Labute approximate surface area is 108 Å². The zero-order chi connectivity index (χ0) is 13.1. The van der Waals surface area contributed by atoms with Gasteiger partial charge in [0.2, 0.25) is 0 Å². The van der Waals surface area contributed by atoms with E-state index < -0.39 is 0 Å². The van der Waals surface area contributed by atoms with Gasteiger partial charge in [-0.3, -0.25) is 10.1 Å². The number of hydrogen-bond acceptors (Lipinski definition) is 3. The number of aryl methyl sites for hydroxylation is 1. The van der Waals surface area contributed by atoms with Crippen LogP contribution >= 0.6 is 0 Å². The first-order valence-corrected chi connectivity index (χ1v) is 6.64. The van der Waals surface area contributed by atoms with E-state index in [1.807, 2.05) is 19.1 Å². The molecule has 2 atom stereocenters. The fraction of sp³-hybridized carbons (Fsp3) is 0.571. The Balaban J connectivity index is 2.14. The third-order valence-corrected chi connectivity index (χ3v) is 3.73. The second-order valence-electron chi connectivity index (χ2n) is 5.21. The van der Waals surface area contributed by atoms with Crippen LogP contribution in [0.15, 0.2) is 18.2 Å². The molecule has 0 saturated heterocycles. The lowest BCUT2D eigenvalue weighted by atomic mass is 10.1. The van der Waals surface area contributed by atoms with E-state index in [4.69, 9.17) is 0 Å². The van der Waals surface area contributed by atoms with E-state index in [1.54, 1.807) is 6.07 Å². The molecule has 2 unspecified atom stereocenters. The van der Waals surface area contributed by atoms with Gasteiger partial charge in [0.15, 0.2) is 0 Å². The molecule has 18 heavy (non-hydrogen) atoms. The van der Waals surface area contributed by atoms with Crippen LogP contribution in [0.1, 0.15) is 38.7 Å². The van der Waals surface area contributed by atoms with Crippen LogP contribution in [-0.2, 0) is 6.42 Å². The molecule has 2 rings (SSSR count). The van der Waals surface area contributed by atoms with Crippen molar-refractivity contribution in [1.29, 1.82) is 0 Å². The van der Waals surface area contributed by atoms with Gasteiger partial charge < -0.3 is 5.32 Å². The molecule has 1 fully saturated rings. The van der Waals surface area contributed by atoms with E-state index in [1.165, 1.54) is 6.42 Å². The highest BCUT2D eigenvalue weighted by atomic mass is 16.6. The second-order valence-corrected chi connectivity index (χ2v) is 5.21. The summed E-state index contributed by atoms with van der Waals surface area (Å²) in [5.41, 5.74) is 1.90. The van der Waals surface area contributed by atoms with E-state index in [-0.39, 0.29) is 10.6 Å². The van der Waals surface area contributed by atoms with Gasteiger partial charge in [-0.2, -0.15) is 0 Å². The first-order chi connectivity index (χ1) is 8.60. The predicted molar refractivity (Wildman–Crippen MR) is 72.9 cm³/mol. The number of nitrogens with one attached hydrogen (secondary N) is 1. The van der Waals surface area contributed by atoms with E-state index in [0.29, 0.717) is 12.5 Å². The average Bonchev–Trinajstić information content (AvgIpc) is 2.74. The highest BCUT2D eigenvalue weighted by Crippen LogP contribution is 2.29. The van der Waals surface area contributed by atoms with Gasteiger partial charge >= 0.3 is 0 Å². The van der Waals surface area contributed by atoms with Crippen LogP contribution < -0.4 is 5.32 Å². The summed E-state index contributed by atoms with van der Waals surface area (Å²) < 4.78 is 0. The highest BCUT2D eigenvalue weighted by Gasteiger charge is 2.22. The summed E-state index contributed by atoms with van der Waals surface area (Å²) >= 11 is 0. The molecule has 4 nitrogen and oxygen atoms in total. The van der Waals surface area contributed by atoms with E-state index in [9.17, 15) is 10.1 Å². The molecule has 1 aromatic carbocycles. The van der Waals surface area contributed by atoms with Gasteiger partial charge in [-0.25, -0.2) is 0 Å². The number of nitrogens with zero attached hydrogens (tertiary/aromatic N) is 1. The molecule has 1 N–H and O–H groups in total. The number of hydrogen-bond donors (Lipinski definition) is 1. The van der Waals surface area contributed by atoms with Crippen molar-refractivity contribution in [3.63, 3.8) is 0 Å². The molecule has 0 spiro atoms. The summed E-state index contributed by atoms with van der Waals surface area (Å²) in [4.78, 5) is 10.7. The Hall–Kier alpha value is -1.58. The van der Waals surface area contributed by atoms with E-state index >= 15 is 0 Å². The van der Waals surface area contributed by atoms with Crippen molar-refractivity contribution >= 4 is 11.4 Å². The van der Waals surface area contributed by atoms with Gasteiger partial charge in [-0.05, 0) is 37.7 Å². The van der Waals surface area contributed by atoms with Crippen LogP contribution in [0.4, 0.5) is 11.4 Å². The fourth-order valence-electron chi connectivity index (χ4n) is 2.70. The lowest BCUT2D eigenvalue weighted by Gasteiger charge is -2.14. The van der Waals surface area contributed by atoms with Crippen molar-refractivity contribution in [3.8, 4) is 0 Å². The van der Waals surface area contributed by atoms with Crippen molar-refractivity contribution in [2.75, 3.05) is 5.32 Å². The molecule has 0 bridgehead atoms. The zero-order valence-electron chi connectivity index (χ0n) is 11.0. The molecular weight excluding hydrogens is 228 g/mol. The predicted octanol–water partition coefficient (Wildman–Crippen LogP) is 3.76. The molecule has 0 heterocycles. The van der Waals surface area contributed by atoms with Gasteiger partial charge in [-0.15, -0.1) is 0 Å². The fourth-order valence-corrected chi connectivity index (χ4v) is 2.70. The number of anilines is 1. The third kappa shape index (κ3) is 2.81. The number of nitro benzene ring substituents is 1. The van der Waals surface area contributed by atoms with Gasteiger partial charge in [0, 0.05) is 23.4 Å². The van der Waals surface area contributed by atoms with Gasteiger partial charge in [-0.1, -0.05) is 19.9 Å². The van der Waals surface area contributed by atoms with Crippen LogP contribution in [0.3, 0.4) is 0 Å². The number of nitro groups is 1. The molecule has 0 aliphatic heterocycles. The standard InChI is InChI=1S/C14H20N2O2/c1-3-11-5-7-13(9-14(11)16(17)18)15-12-6-4-10(2)8-12/h5,7,9-10,12,15H,3-4,6,8H2,1-2H3. The third-order valence-electron chi connectivity index (χ3n) is 3.73. The number of rotatable bonds is 4. The summed E-state index contributed by atoms with van der Waals surface area (Å²) in [6, 6.07) is 5.95. The minimum atomic E-state index is -0.290. The molecule has 98 valence electrons. The number of benzene rings is 1. The topological polar surface area (TPSA) is 55.2 Å². The summed E-state index contributed by atoms with van der Waals surface area (Å²) in [7, 11) is 0. The molecule has 0 amide bonds. The molecule has 1 aliphatic carbocycles. The Kier molecular flexibility index (Phi) is 3.84. The molecule has 1 aliphatic rings. The van der Waals surface area contributed by atoms with Crippen molar-refractivity contribution in [2.45, 2.75) is 45.6 Å². The monoisotopic (exact) mass is 248 g/mol. The summed E-state index contributed by atoms with van der Waals surface area (Å²) in [6.45, 7) is 4.19. The zero-order valence-corrected chi connectivity index (χ0v) is 11.0. The molecule has 0 aromatic heterocycles. The van der Waals surface area contributed by atoms with Crippen LogP contribution in [0.2, 0.25) is 0 Å². The van der Waals surface area contributed by atoms with Crippen molar-refractivity contribution < 1.29 is 4.92 Å². The Morgan fingerprint density at radius 3 is 2.78 bits per heavy atom.